The third-order valence-corrected chi connectivity index (χ3v) is 6.21. The summed E-state index contributed by atoms with van der Waals surface area (Å²) < 4.78 is 6.87. The normalized spacial score (nSPS) is 17.0. The van der Waals surface area contributed by atoms with Crippen molar-refractivity contribution in [1.29, 1.82) is 0 Å². The maximum absolute atomic E-state index is 12.7. The molecule has 0 unspecified atom stereocenters. The van der Waals surface area contributed by atoms with Gasteiger partial charge in [0, 0.05) is 30.4 Å². The van der Waals surface area contributed by atoms with Crippen molar-refractivity contribution >= 4 is 23.6 Å². The van der Waals surface area contributed by atoms with Crippen LogP contribution in [0.4, 0.5) is 5.95 Å². The number of aromatic nitrogens is 6. The topological polar surface area (TPSA) is 166 Å². The molecule has 4 aromatic rings. The monoisotopic (exact) mass is 503 g/mol. The third-order valence-electron chi connectivity index (χ3n) is 6.21. The number of nitrogens with zero attached hydrogens (tertiary/aromatic N) is 6. The molecule has 37 heavy (non-hydrogen) atoms. The predicted molar refractivity (Wildman–Crippen MR) is 132 cm³/mol. The second-order valence-electron chi connectivity index (χ2n) is 8.98. The van der Waals surface area contributed by atoms with Crippen LogP contribution < -0.4 is 21.8 Å². The van der Waals surface area contributed by atoms with Gasteiger partial charge in [-0.2, -0.15) is 19.6 Å². The third kappa shape index (κ3) is 4.93. The molecular formula is C24H25N9O4. The van der Waals surface area contributed by atoms with Gasteiger partial charge < -0.3 is 25.0 Å². The lowest BCUT2D eigenvalue weighted by molar-refractivity contribution is 0.0303. The van der Waals surface area contributed by atoms with Crippen LogP contribution in [-0.2, 0) is 11.3 Å². The number of carbonyl (C=O) groups excluding carboxylic acids is 1. The fourth-order valence-electron chi connectivity index (χ4n) is 4.05. The number of hydrogen-bond donors (Lipinski definition) is 4. The number of hydrogen-bond acceptors (Lipinski definition) is 9. The Morgan fingerprint density at radius 1 is 1.19 bits per heavy atom. The van der Waals surface area contributed by atoms with Crippen LogP contribution in [0.15, 0.2) is 40.2 Å². The van der Waals surface area contributed by atoms with Crippen molar-refractivity contribution in [3.8, 4) is 5.88 Å². The molecule has 190 valence electrons. The Labute approximate surface area is 209 Å². The zero-order chi connectivity index (χ0) is 25.4. The van der Waals surface area contributed by atoms with Crippen molar-refractivity contribution < 1.29 is 14.6 Å². The summed E-state index contributed by atoms with van der Waals surface area (Å²) in [4.78, 5) is 44.6. The Morgan fingerprint density at radius 2 is 1.97 bits per heavy atom. The number of fused-ring (bicyclic) bond motifs is 1. The van der Waals surface area contributed by atoms with Crippen LogP contribution in [0.25, 0.3) is 11.7 Å². The minimum Gasteiger partial charge on any atom is -0.493 e. The predicted octanol–water partition coefficient (Wildman–Crippen LogP) is -0.458. The second kappa shape index (κ2) is 9.50. The van der Waals surface area contributed by atoms with Crippen molar-refractivity contribution in [2.45, 2.75) is 25.4 Å². The fraction of sp³-hybridized carbons (Fsp3) is 0.333. The summed E-state index contributed by atoms with van der Waals surface area (Å²) >= 11 is 0. The Bertz CT molecular complexity index is 1630. The minimum atomic E-state index is -0.515. The van der Waals surface area contributed by atoms with E-state index in [-0.39, 0.29) is 23.5 Å². The lowest BCUT2D eigenvalue weighted by atomic mass is 10.1. The van der Waals surface area contributed by atoms with Crippen LogP contribution >= 0.6 is 0 Å². The number of rotatable bonds is 6. The summed E-state index contributed by atoms with van der Waals surface area (Å²) in [6.45, 7) is 2.76. The number of H-pyrrole nitrogens is 2. The number of carbonyl (C=O) groups is 1. The summed E-state index contributed by atoms with van der Waals surface area (Å²) in [5.74, 6) is 0.0970. The molecule has 0 radical (unpaired) electrons. The van der Waals surface area contributed by atoms with E-state index in [2.05, 4.69) is 35.3 Å². The van der Waals surface area contributed by atoms with Crippen molar-refractivity contribution in [3.63, 3.8) is 0 Å². The van der Waals surface area contributed by atoms with Gasteiger partial charge in [-0.3, -0.25) is 9.78 Å². The zero-order valence-electron chi connectivity index (χ0n) is 19.8. The molecule has 1 saturated carbocycles. The Balaban J connectivity index is 1.26. The van der Waals surface area contributed by atoms with Gasteiger partial charge in [-0.15, -0.1) is 0 Å². The van der Waals surface area contributed by atoms with E-state index in [4.69, 9.17) is 4.74 Å². The number of ether oxygens (including phenoxy) is 1. The van der Waals surface area contributed by atoms with E-state index < -0.39 is 5.69 Å². The quantitative estimate of drug-likeness (QED) is 0.274. The van der Waals surface area contributed by atoms with Gasteiger partial charge in [0.25, 0.3) is 11.5 Å². The molecule has 0 atom stereocenters. The van der Waals surface area contributed by atoms with E-state index in [0.717, 1.165) is 18.4 Å². The van der Waals surface area contributed by atoms with Crippen LogP contribution in [0.5, 0.6) is 5.88 Å². The van der Waals surface area contributed by atoms with Gasteiger partial charge in [-0.1, -0.05) is 12.1 Å². The highest BCUT2D eigenvalue weighted by Crippen LogP contribution is 2.22. The van der Waals surface area contributed by atoms with Crippen LogP contribution in [-0.4, -0.2) is 77.8 Å². The molecule has 6 rings (SSSR count). The smallest absolute Gasteiger partial charge is 0.326 e. The second-order valence-corrected chi connectivity index (χ2v) is 8.98. The van der Waals surface area contributed by atoms with Gasteiger partial charge in [0.1, 0.15) is 5.69 Å². The Morgan fingerprint density at radius 3 is 2.68 bits per heavy atom. The summed E-state index contributed by atoms with van der Waals surface area (Å²) in [5.41, 5.74) is 2.20. The molecule has 4 heterocycles. The van der Waals surface area contributed by atoms with Gasteiger partial charge in [-0.05, 0) is 36.6 Å². The van der Waals surface area contributed by atoms with Gasteiger partial charge in [0.2, 0.25) is 11.8 Å². The lowest BCUT2D eigenvalue weighted by Gasteiger charge is -2.26. The van der Waals surface area contributed by atoms with Crippen LogP contribution in [0.2, 0.25) is 0 Å². The average Bonchev–Trinajstić information content (AvgIpc) is 3.55. The molecule has 0 spiro atoms. The van der Waals surface area contributed by atoms with E-state index in [1.807, 2.05) is 24.3 Å². The molecule has 1 amide bonds. The maximum atomic E-state index is 12.7. The molecule has 2 fully saturated rings. The molecule has 4 N–H and O–H groups in total. The van der Waals surface area contributed by atoms with Crippen molar-refractivity contribution in [2.24, 2.45) is 4.99 Å². The first-order chi connectivity index (χ1) is 18.0. The van der Waals surface area contributed by atoms with E-state index in [9.17, 15) is 14.7 Å². The number of aromatic amines is 2. The first-order valence-corrected chi connectivity index (χ1v) is 12.1. The van der Waals surface area contributed by atoms with Crippen LogP contribution in [0.1, 0.15) is 34.5 Å². The largest absolute Gasteiger partial charge is 0.493 e. The lowest BCUT2D eigenvalue weighted by Crippen LogP contribution is -2.40. The number of nitrogens with one attached hydrogen (secondary N) is 3. The van der Waals surface area contributed by atoms with Crippen LogP contribution in [0.3, 0.4) is 0 Å². The molecule has 1 aliphatic carbocycles. The highest BCUT2D eigenvalue weighted by Gasteiger charge is 2.21. The molecule has 13 heteroatoms. The fourth-order valence-corrected chi connectivity index (χ4v) is 4.05. The molecule has 1 saturated heterocycles. The number of amides is 1. The molecule has 13 nitrogen and oxygen atoms in total. The maximum Gasteiger partial charge on any atom is 0.326 e. The molecule has 1 aromatic carbocycles. The number of morpholine rings is 1. The van der Waals surface area contributed by atoms with Gasteiger partial charge in [0.15, 0.2) is 5.65 Å². The van der Waals surface area contributed by atoms with Gasteiger partial charge in [0.05, 0.1) is 25.5 Å². The molecule has 0 bridgehead atoms. The Hall–Kier alpha value is -4.52. The summed E-state index contributed by atoms with van der Waals surface area (Å²) in [7, 11) is 0. The molecule has 1 aliphatic heterocycles. The van der Waals surface area contributed by atoms with E-state index in [1.165, 1.54) is 0 Å². The number of anilines is 1. The summed E-state index contributed by atoms with van der Waals surface area (Å²) in [6, 6.07) is 7.65. The minimum absolute atomic E-state index is 0.00207. The number of aromatic hydroxyl groups is 1. The average molecular weight is 504 g/mol. The molecule has 2 aliphatic rings. The van der Waals surface area contributed by atoms with Crippen LogP contribution in [0, 0.1) is 0 Å². The summed E-state index contributed by atoms with van der Waals surface area (Å²) in [6.07, 6.45) is 5.16. The van der Waals surface area contributed by atoms with Crippen molar-refractivity contribution in [3.05, 3.63) is 68.6 Å². The highest BCUT2D eigenvalue weighted by molar-refractivity contribution is 5.94. The summed E-state index contributed by atoms with van der Waals surface area (Å²) in [5, 5.41) is 18.1. The first kappa shape index (κ1) is 22.9. The van der Waals surface area contributed by atoms with Crippen molar-refractivity contribution in [2.75, 3.05) is 31.6 Å². The standard InChI is InChI=1S/C24H25N9O4/c34-20-18(28-24(36)30-20)11-16-13-26-33-19(16)29-22(31-23(33)27-17-5-6-17)25-12-14-1-3-15(4-2-14)21(35)32-7-9-37-10-8-32/h1-4,11,13,17,34H,5-10,12H2,(H,25,27,31)(H2,28,30,36). The number of imidazole rings is 1. The van der Waals surface area contributed by atoms with E-state index in [1.54, 1.807) is 21.7 Å². The molecular weight excluding hydrogens is 478 g/mol. The molecule has 3 aromatic heterocycles. The number of benzene rings is 1. The van der Waals surface area contributed by atoms with E-state index in [0.29, 0.717) is 60.8 Å². The zero-order valence-corrected chi connectivity index (χ0v) is 19.8. The van der Waals surface area contributed by atoms with Gasteiger partial charge in [-0.25, -0.2) is 9.79 Å². The Kier molecular flexibility index (Phi) is 5.88. The highest BCUT2D eigenvalue weighted by atomic mass is 16.5. The van der Waals surface area contributed by atoms with Crippen molar-refractivity contribution in [1.82, 2.24) is 34.4 Å². The van der Waals surface area contributed by atoms with E-state index >= 15 is 0 Å². The SMILES string of the molecule is O=C(c1ccc(CNc2nc(=NC3CC3)n3ncc(=Cc4[nH]c(=O)[nH]c4O)c3n2)cc1)N1CCOCC1. The van der Waals surface area contributed by atoms with Gasteiger partial charge >= 0.3 is 5.69 Å². The first-order valence-electron chi connectivity index (χ1n) is 12.1.